The highest BCUT2D eigenvalue weighted by molar-refractivity contribution is 6.07. The molecule has 21 heavy (non-hydrogen) atoms. The van der Waals surface area contributed by atoms with Crippen molar-refractivity contribution in [3.63, 3.8) is 0 Å². The number of aliphatic carboxylic acids is 1. The second-order valence-corrected chi connectivity index (χ2v) is 5.40. The maximum absolute atomic E-state index is 12.4. The molecular formula is C16H18N2O3. The van der Waals surface area contributed by atoms with Gasteiger partial charge in [0.2, 0.25) is 0 Å². The minimum absolute atomic E-state index is 0.183. The molecular weight excluding hydrogens is 268 g/mol. The molecule has 1 amide bonds. The number of aromatic nitrogens is 1. The number of benzene rings is 1. The number of carbonyl (C=O) groups excluding carboxylic acids is 1. The molecule has 0 unspecified atom stereocenters. The van der Waals surface area contributed by atoms with Crippen molar-refractivity contribution in [2.45, 2.75) is 26.3 Å². The van der Waals surface area contributed by atoms with Crippen LogP contribution in [0, 0.1) is 5.92 Å². The first-order valence-corrected chi connectivity index (χ1v) is 6.85. The third kappa shape index (κ3) is 3.56. The first kappa shape index (κ1) is 15.0. The van der Waals surface area contributed by atoms with Crippen molar-refractivity contribution >= 4 is 22.6 Å². The molecule has 5 nitrogen and oxygen atoms in total. The minimum Gasteiger partial charge on any atom is -0.480 e. The van der Waals surface area contributed by atoms with Crippen LogP contribution in [0.25, 0.3) is 10.8 Å². The topological polar surface area (TPSA) is 79.3 Å². The first-order chi connectivity index (χ1) is 9.99. The van der Waals surface area contributed by atoms with Gasteiger partial charge in [-0.25, -0.2) is 4.79 Å². The SMILES string of the molecule is CC(C)C[C@@H](NC(=O)c1cccc2cnccc12)C(=O)O. The highest BCUT2D eigenvalue weighted by Gasteiger charge is 2.22. The van der Waals surface area contributed by atoms with E-state index >= 15 is 0 Å². The van der Waals surface area contributed by atoms with Crippen LogP contribution >= 0.6 is 0 Å². The zero-order valence-electron chi connectivity index (χ0n) is 12.0. The van der Waals surface area contributed by atoms with Crippen molar-refractivity contribution in [3.05, 3.63) is 42.2 Å². The molecule has 0 radical (unpaired) electrons. The molecule has 1 aromatic carbocycles. The van der Waals surface area contributed by atoms with Crippen LogP contribution in [0.5, 0.6) is 0 Å². The van der Waals surface area contributed by atoms with E-state index in [2.05, 4.69) is 10.3 Å². The molecule has 2 N–H and O–H groups in total. The fraction of sp³-hybridized carbons (Fsp3) is 0.312. The van der Waals surface area contributed by atoms with Gasteiger partial charge in [-0.05, 0) is 29.9 Å². The summed E-state index contributed by atoms with van der Waals surface area (Å²) >= 11 is 0. The zero-order valence-corrected chi connectivity index (χ0v) is 12.0. The number of nitrogens with one attached hydrogen (secondary N) is 1. The Morgan fingerprint density at radius 3 is 2.71 bits per heavy atom. The number of pyridine rings is 1. The van der Waals surface area contributed by atoms with Crippen LogP contribution in [0.1, 0.15) is 30.6 Å². The summed E-state index contributed by atoms with van der Waals surface area (Å²) in [6.07, 6.45) is 3.68. The number of nitrogens with zero attached hydrogens (tertiary/aromatic N) is 1. The van der Waals surface area contributed by atoms with E-state index in [0.717, 1.165) is 10.8 Å². The molecule has 2 rings (SSSR count). The normalized spacial score (nSPS) is 12.3. The van der Waals surface area contributed by atoms with Crippen molar-refractivity contribution in [1.29, 1.82) is 0 Å². The molecule has 2 aromatic rings. The lowest BCUT2D eigenvalue weighted by Gasteiger charge is -2.17. The van der Waals surface area contributed by atoms with Gasteiger partial charge in [0.05, 0.1) is 0 Å². The predicted octanol–water partition coefficient (Wildman–Crippen LogP) is 2.46. The van der Waals surface area contributed by atoms with Crippen LogP contribution in [-0.4, -0.2) is 28.0 Å². The monoisotopic (exact) mass is 286 g/mol. The number of carboxylic acid groups (broad SMARTS) is 1. The van der Waals surface area contributed by atoms with Gasteiger partial charge in [-0.2, -0.15) is 0 Å². The average molecular weight is 286 g/mol. The smallest absolute Gasteiger partial charge is 0.326 e. The van der Waals surface area contributed by atoms with E-state index in [4.69, 9.17) is 0 Å². The molecule has 0 aliphatic heterocycles. The molecule has 5 heteroatoms. The van der Waals surface area contributed by atoms with E-state index in [0.29, 0.717) is 12.0 Å². The largest absolute Gasteiger partial charge is 0.480 e. The fourth-order valence-corrected chi connectivity index (χ4v) is 2.25. The predicted molar refractivity (Wildman–Crippen MR) is 80.1 cm³/mol. The Kier molecular flexibility index (Phi) is 4.52. The lowest BCUT2D eigenvalue weighted by molar-refractivity contribution is -0.139. The van der Waals surface area contributed by atoms with E-state index < -0.39 is 12.0 Å². The van der Waals surface area contributed by atoms with Crippen molar-refractivity contribution < 1.29 is 14.7 Å². The standard InChI is InChI=1S/C16H18N2O3/c1-10(2)8-14(16(20)21)18-15(19)13-5-3-4-11-9-17-7-6-12(11)13/h3-7,9-10,14H,8H2,1-2H3,(H,18,19)(H,20,21)/t14-/m1/s1. The average Bonchev–Trinajstić information content (AvgIpc) is 2.45. The summed E-state index contributed by atoms with van der Waals surface area (Å²) in [6.45, 7) is 3.84. The van der Waals surface area contributed by atoms with E-state index in [9.17, 15) is 14.7 Å². The highest BCUT2D eigenvalue weighted by Crippen LogP contribution is 2.18. The molecule has 0 spiro atoms. The molecule has 1 atom stereocenters. The molecule has 110 valence electrons. The zero-order chi connectivity index (χ0) is 15.4. The Balaban J connectivity index is 2.27. The van der Waals surface area contributed by atoms with E-state index in [1.807, 2.05) is 19.9 Å². The van der Waals surface area contributed by atoms with Gasteiger partial charge >= 0.3 is 5.97 Å². The van der Waals surface area contributed by atoms with E-state index in [-0.39, 0.29) is 11.8 Å². The molecule has 0 saturated heterocycles. The van der Waals surface area contributed by atoms with Crippen LogP contribution in [0.15, 0.2) is 36.7 Å². The maximum atomic E-state index is 12.4. The van der Waals surface area contributed by atoms with Crippen molar-refractivity contribution in [2.24, 2.45) is 5.92 Å². The number of hydrogen-bond acceptors (Lipinski definition) is 3. The number of fused-ring (bicyclic) bond motifs is 1. The number of carbonyl (C=O) groups is 2. The Bertz CT molecular complexity index is 662. The minimum atomic E-state index is -1.01. The van der Waals surface area contributed by atoms with E-state index in [1.54, 1.807) is 30.6 Å². The number of rotatable bonds is 5. The molecule has 0 bridgehead atoms. The van der Waals surface area contributed by atoms with Crippen LogP contribution in [0.4, 0.5) is 0 Å². The first-order valence-electron chi connectivity index (χ1n) is 6.85. The van der Waals surface area contributed by atoms with Crippen molar-refractivity contribution in [1.82, 2.24) is 10.3 Å². The number of hydrogen-bond donors (Lipinski definition) is 2. The quantitative estimate of drug-likeness (QED) is 0.885. The summed E-state index contributed by atoms with van der Waals surface area (Å²) in [5.41, 5.74) is 0.463. The molecule has 0 fully saturated rings. The third-order valence-electron chi connectivity index (χ3n) is 3.24. The number of amides is 1. The van der Waals surface area contributed by atoms with Gasteiger partial charge in [-0.15, -0.1) is 0 Å². The van der Waals surface area contributed by atoms with Gasteiger partial charge in [0, 0.05) is 23.3 Å². The van der Waals surface area contributed by atoms with Gasteiger partial charge in [0.25, 0.3) is 5.91 Å². The summed E-state index contributed by atoms with van der Waals surface area (Å²) in [7, 11) is 0. The Hall–Kier alpha value is -2.43. The summed E-state index contributed by atoms with van der Waals surface area (Å²) < 4.78 is 0. The molecule has 1 heterocycles. The Labute approximate surface area is 123 Å². The Morgan fingerprint density at radius 1 is 1.29 bits per heavy atom. The molecule has 0 aliphatic rings. The van der Waals surface area contributed by atoms with Crippen LogP contribution in [0.2, 0.25) is 0 Å². The highest BCUT2D eigenvalue weighted by atomic mass is 16.4. The lowest BCUT2D eigenvalue weighted by Crippen LogP contribution is -2.41. The molecule has 0 saturated carbocycles. The van der Waals surface area contributed by atoms with Crippen LogP contribution < -0.4 is 5.32 Å². The summed E-state index contributed by atoms with van der Waals surface area (Å²) in [6, 6.07) is 6.18. The third-order valence-corrected chi connectivity index (χ3v) is 3.24. The molecule has 1 aromatic heterocycles. The second kappa shape index (κ2) is 6.35. The number of carboxylic acids is 1. The van der Waals surface area contributed by atoms with Gasteiger partial charge in [0.1, 0.15) is 6.04 Å². The maximum Gasteiger partial charge on any atom is 0.326 e. The van der Waals surface area contributed by atoms with Crippen LogP contribution in [-0.2, 0) is 4.79 Å². The van der Waals surface area contributed by atoms with Gasteiger partial charge in [-0.3, -0.25) is 9.78 Å². The van der Waals surface area contributed by atoms with Gasteiger partial charge < -0.3 is 10.4 Å². The van der Waals surface area contributed by atoms with Gasteiger partial charge in [0.15, 0.2) is 0 Å². The second-order valence-electron chi connectivity index (χ2n) is 5.40. The summed E-state index contributed by atoms with van der Waals surface area (Å²) in [4.78, 5) is 27.6. The lowest BCUT2D eigenvalue weighted by atomic mass is 10.0. The van der Waals surface area contributed by atoms with Crippen molar-refractivity contribution in [2.75, 3.05) is 0 Å². The molecule has 0 aliphatic carbocycles. The van der Waals surface area contributed by atoms with Crippen LogP contribution in [0.3, 0.4) is 0 Å². The summed E-state index contributed by atoms with van der Waals surface area (Å²) in [5.74, 6) is -1.21. The van der Waals surface area contributed by atoms with E-state index in [1.165, 1.54) is 0 Å². The van der Waals surface area contributed by atoms with Crippen molar-refractivity contribution in [3.8, 4) is 0 Å². The Morgan fingerprint density at radius 2 is 2.05 bits per heavy atom. The summed E-state index contributed by atoms with van der Waals surface area (Å²) in [5, 5.41) is 13.4. The fourth-order valence-electron chi connectivity index (χ4n) is 2.25. The van der Waals surface area contributed by atoms with Gasteiger partial charge in [-0.1, -0.05) is 26.0 Å².